The van der Waals surface area contributed by atoms with Crippen molar-refractivity contribution in [2.75, 3.05) is 19.3 Å². The monoisotopic (exact) mass is 466 g/mol. The maximum Gasteiger partial charge on any atom is 0.208 e. The molecule has 0 amide bonds. The minimum atomic E-state index is -3.21. The second-order valence-corrected chi connectivity index (χ2v) is 11.6. The van der Waals surface area contributed by atoms with Gasteiger partial charge in [-0.15, -0.1) is 0 Å². The van der Waals surface area contributed by atoms with Crippen LogP contribution in [0.3, 0.4) is 0 Å². The van der Waals surface area contributed by atoms with E-state index in [9.17, 15) is 8.42 Å². The first-order valence-electron chi connectivity index (χ1n) is 12.1. The molecule has 2 unspecified atom stereocenters. The predicted molar refractivity (Wildman–Crippen MR) is 133 cm³/mol. The fourth-order valence-corrected chi connectivity index (χ4v) is 6.62. The van der Waals surface area contributed by atoms with Crippen LogP contribution in [0.5, 0.6) is 0 Å². The van der Waals surface area contributed by atoms with E-state index in [1.54, 1.807) is 0 Å². The van der Waals surface area contributed by atoms with Crippen LogP contribution in [0.15, 0.2) is 54.6 Å². The van der Waals surface area contributed by atoms with E-state index in [0.717, 1.165) is 37.1 Å². The lowest BCUT2D eigenvalue weighted by molar-refractivity contribution is 0.104. The first kappa shape index (κ1) is 22.6. The van der Waals surface area contributed by atoms with Crippen LogP contribution >= 0.6 is 0 Å². The SMILES string of the molecule is Cc1nc2ccccc2n1C1C[C@H]2CC[C@@H](C1)N2CCC(CNS(C)(=O)=O)c1ccccc1. The molecule has 4 atom stereocenters. The molecule has 2 fully saturated rings. The van der Waals surface area contributed by atoms with Crippen molar-refractivity contribution in [1.82, 2.24) is 19.2 Å². The van der Waals surface area contributed by atoms with Crippen molar-refractivity contribution in [2.24, 2.45) is 0 Å². The molecule has 33 heavy (non-hydrogen) atoms. The molecule has 0 saturated carbocycles. The number of nitrogens with one attached hydrogen (secondary N) is 1. The summed E-state index contributed by atoms with van der Waals surface area (Å²) < 4.78 is 28.7. The molecule has 2 aromatic carbocycles. The van der Waals surface area contributed by atoms with Gasteiger partial charge in [0.05, 0.1) is 17.3 Å². The van der Waals surface area contributed by atoms with E-state index in [-0.39, 0.29) is 5.92 Å². The van der Waals surface area contributed by atoms with Gasteiger partial charge in [-0.25, -0.2) is 18.1 Å². The quantitative estimate of drug-likeness (QED) is 0.539. The van der Waals surface area contributed by atoms with E-state index in [1.165, 1.54) is 30.2 Å². The average Bonchev–Trinajstić information content (AvgIpc) is 3.24. The van der Waals surface area contributed by atoms with Gasteiger partial charge >= 0.3 is 0 Å². The van der Waals surface area contributed by atoms with Crippen molar-refractivity contribution in [3.05, 3.63) is 66.0 Å². The Hall–Kier alpha value is -2.22. The average molecular weight is 467 g/mol. The lowest BCUT2D eigenvalue weighted by Crippen LogP contribution is -2.44. The molecule has 2 aliphatic rings. The molecule has 3 heterocycles. The standard InChI is InChI=1S/C26H34N4O2S/c1-19-28-25-10-6-7-11-26(25)30(19)24-16-22-12-13-23(17-24)29(22)15-14-21(18-27-33(2,31)32)20-8-4-3-5-9-20/h3-11,21-24,27H,12-18H2,1-2H3/t21?,22-,23+,24?. The molecule has 0 spiro atoms. The molecule has 0 radical (unpaired) electrons. The Labute approximate surface area is 197 Å². The summed E-state index contributed by atoms with van der Waals surface area (Å²) in [6, 6.07) is 20.5. The third-order valence-corrected chi connectivity index (χ3v) is 8.29. The molecule has 5 rings (SSSR count). The van der Waals surface area contributed by atoms with Crippen molar-refractivity contribution in [1.29, 1.82) is 0 Å². The van der Waals surface area contributed by atoms with Crippen molar-refractivity contribution in [2.45, 2.75) is 63.1 Å². The molecule has 1 N–H and O–H groups in total. The molecule has 2 saturated heterocycles. The lowest BCUT2D eigenvalue weighted by Gasteiger charge is -2.40. The summed E-state index contributed by atoms with van der Waals surface area (Å²) in [5, 5.41) is 0. The zero-order chi connectivity index (χ0) is 23.0. The van der Waals surface area contributed by atoms with E-state index < -0.39 is 10.0 Å². The van der Waals surface area contributed by atoms with Crippen LogP contribution in [0, 0.1) is 6.92 Å². The normalized spacial score (nSPS) is 24.4. The van der Waals surface area contributed by atoms with Gasteiger partial charge in [0.25, 0.3) is 0 Å². The molecule has 2 bridgehead atoms. The van der Waals surface area contributed by atoms with Gasteiger partial charge in [0, 0.05) is 24.7 Å². The summed E-state index contributed by atoms with van der Waals surface area (Å²) >= 11 is 0. The number of sulfonamides is 1. The highest BCUT2D eigenvalue weighted by Crippen LogP contribution is 2.42. The number of rotatable bonds is 8. The Morgan fingerprint density at radius 2 is 1.67 bits per heavy atom. The number of hydrogen-bond donors (Lipinski definition) is 1. The zero-order valence-corrected chi connectivity index (χ0v) is 20.3. The number of aryl methyl sites for hydroxylation is 1. The van der Waals surface area contributed by atoms with E-state index in [2.05, 4.69) is 57.5 Å². The summed E-state index contributed by atoms with van der Waals surface area (Å²) in [7, 11) is -3.21. The topological polar surface area (TPSA) is 67.2 Å². The van der Waals surface area contributed by atoms with Crippen LogP contribution in [0.25, 0.3) is 11.0 Å². The Morgan fingerprint density at radius 1 is 1.00 bits per heavy atom. The predicted octanol–water partition coefficient (Wildman–Crippen LogP) is 4.24. The van der Waals surface area contributed by atoms with E-state index in [0.29, 0.717) is 24.7 Å². The van der Waals surface area contributed by atoms with Crippen molar-refractivity contribution in [3.63, 3.8) is 0 Å². The molecule has 176 valence electrons. The molecule has 0 aliphatic carbocycles. The van der Waals surface area contributed by atoms with Crippen molar-refractivity contribution in [3.8, 4) is 0 Å². The minimum Gasteiger partial charge on any atom is -0.325 e. The third kappa shape index (κ3) is 4.86. The van der Waals surface area contributed by atoms with Crippen LogP contribution in [0.2, 0.25) is 0 Å². The van der Waals surface area contributed by atoms with Gasteiger partial charge in [-0.05, 0) is 69.2 Å². The van der Waals surface area contributed by atoms with Crippen LogP contribution in [-0.2, 0) is 10.0 Å². The smallest absolute Gasteiger partial charge is 0.208 e. The van der Waals surface area contributed by atoms with Crippen molar-refractivity contribution < 1.29 is 8.42 Å². The largest absolute Gasteiger partial charge is 0.325 e. The fraction of sp³-hybridized carbons (Fsp3) is 0.500. The first-order valence-corrected chi connectivity index (χ1v) is 14.0. The second kappa shape index (κ2) is 9.20. The van der Waals surface area contributed by atoms with Gasteiger partial charge < -0.3 is 4.57 Å². The number of nitrogens with zero attached hydrogens (tertiary/aromatic N) is 3. The fourth-order valence-electron chi connectivity index (χ4n) is 6.12. The highest BCUT2D eigenvalue weighted by molar-refractivity contribution is 7.88. The van der Waals surface area contributed by atoms with Gasteiger partial charge in [0.15, 0.2) is 0 Å². The van der Waals surface area contributed by atoms with Gasteiger partial charge in [-0.3, -0.25) is 4.90 Å². The van der Waals surface area contributed by atoms with Crippen LogP contribution in [0.4, 0.5) is 0 Å². The molecule has 1 aromatic heterocycles. The molecule has 6 nitrogen and oxygen atoms in total. The Balaban J connectivity index is 1.29. The summed E-state index contributed by atoms with van der Waals surface area (Å²) in [6.07, 6.45) is 7.03. The summed E-state index contributed by atoms with van der Waals surface area (Å²) in [5.41, 5.74) is 3.55. The minimum absolute atomic E-state index is 0.179. The highest BCUT2D eigenvalue weighted by Gasteiger charge is 2.41. The number of aromatic nitrogens is 2. The number of benzene rings is 2. The zero-order valence-electron chi connectivity index (χ0n) is 19.5. The Bertz CT molecular complexity index is 1190. The molecular weight excluding hydrogens is 432 g/mol. The van der Waals surface area contributed by atoms with Gasteiger partial charge in [-0.2, -0.15) is 0 Å². The first-order chi connectivity index (χ1) is 15.9. The van der Waals surface area contributed by atoms with Gasteiger partial charge in [0.1, 0.15) is 5.82 Å². The second-order valence-electron chi connectivity index (χ2n) is 9.78. The van der Waals surface area contributed by atoms with E-state index in [4.69, 9.17) is 4.98 Å². The number of fused-ring (bicyclic) bond motifs is 3. The third-order valence-electron chi connectivity index (χ3n) is 7.60. The summed E-state index contributed by atoms with van der Waals surface area (Å²) in [4.78, 5) is 7.51. The summed E-state index contributed by atoms with van der Waals surface area (Å²) in [5.74, 6) is 1.29. The number of para-hydroxylation sites is 2. The van der Waals surface area contributed by atoms with Gasteiger partial charge in [-0.1, -0.05) is 42.5 Å². The summed E-state index contributed by atoms with van der Waals surface area (Å²) in [6.45, 7) is 3.60. The van der Waals surface area contributed by atoms with E-state index >= 15 is 0 Å². The van der Waals surface area contributed by atoms with Gasteiger partial charge in [0.2, 0.25) is 10.0 Å². The maximum absolute atomic E-state index is 11.7. The van der Waals surface area contributed by atoms with Crippen molar-refractivity contribution >= 4 is 21.1 Å². The van der Waals surface area contributed by atoms with E-state index in [1.807, 2.05) is 18.2 Å². The highest BCUT2D eigenvalue weighted by atomic mass is 32.2. The maximum atomic E-state index is 11.7. The number of piperidine rings is 1. The molecule has 3 aromatic rings. The lowest BCUT2D eigenvalue weighted by atomic mass is 9.93. The van der Waals surface area contributed by atoms with Crippen LogP contribution in [-0.4, -0.2) is 54.3 Å². The number of imidazole rings is 1. The number of hydrogen-bond acceptors (Lipinski definition) is 4. The molecule has 2 aliphatic heterocycles. The Kier molecular flexibility index (Phi) is 6.29. The van der Waals surface area contributed by atoms with Crippen LogP contribution < -0.4 is 4.72 Å². The molecule has 7 heteroatoms. The van der Waals surface area contributed by atoms with Crippen LogP contribution in [0.1, 0.15) is 55.5 Å². The molecular formula is C26H34N4O2S. The Morgan fingerprint density at radius 3 is 2.36 bits per heavy atom.